The molecule has 1 aliphatic rings. The van der Waals surface area contributed by atoms with Crippen molar-refractivity contribution in [1.29, 1.82) is 0 Å². The Bertz CT molecular complexity index is 825. The van der Waals surface area contributed by atoms with Crippen LogP contribution in [0.1, 0.15) is 44.2 Å². The monoisotopic (exact) mass is 368 g/mol. The molecule has 1 atom stereocenters. The van der Waals surface area contributed by atoms with Crippen molar-refractivity contribution in [1.82, 2.24) is 0 Å². The maximum absolute atomic E-state index is 12.5. The first-order valence-electron chi connectivity index (χ1n) is 8.67. The standard InChI is InChI=1S/C21H24N2O2S/c1-14(24)22-17-7-5-6-15(12-17)20-23(19(25)13-26-20)18-10-8-16(9-11-18)21(2,3)4/h5-12,20H,13H2,1-4H3,(H,22,24). The van der Waals surface area contributed by atoms with Crippen molar-refractivity contribution < 1.29 is 9.59 Å². The van der Waals surface area contributed by atoms with E-state index < -0.39 is 0 Å². The summed E-state index contributed by atoms with van der Waals surface area (Å²) in [6.45, 7) is 8.02. The van der Waals surface area contributed by atoms with Gasteiger partial charge in [-0.1, -0.05) is 45.0 Å². The molecule has 5 heteroatoms. The molecule has 0 saturated carbocycles. The summed E-state index contributed by atoms with van der Waals surface area (Å²) in [7, 11) is 0. The first-order chi connectivity index (χ1) is 12.3. The highest BCUT2D eigenvalue weighted by molar-refractivity contribution is 8.00. The van der Waals surface area contributed by atoms with Crippen LogP contribution in [0.25, 0.3) is 0 Å². The van der Waals surface area contributed by atoms with E-state index in [1.165, 1.54) is 12.5 Å². The number of rotatable bonds is 3. The summed E-state index contributed by atoms with van der Waals surface area (Å²) in [6.07, 6.45) is 0. The summed E-state index contributed by atoms with van der Waals surface area (Å²) < 4.78 is 0. The van der Waals surface area contributed by atoms with Gasteiger partial charge in [-0.05, 0) is 40.8 Å². The third kappa shape index (κ3) is 3.93. The van der Waals surface area contributed by atoms with Crippen molar-refractivity contribution in [3.8, 4) is 0 Å². The predicted molar refractivity (Wildman–Crippen MR) is 109 cm³/mol. The highest BCUT2D eigenvalue weighted by Crippen LogP contribution is 2.42. The molecule has 1 aliphatic heterocycles. The zero-order valence-corrected chi connectivity index (χ0v) is 16.4. The molecule has 26 heavy (non-hydrogen) atoms. The SMILES string of the molecule is CC(=O)Nc1cccc(C2SCC(=O)N2c2ccc(C(C)(C)C)cc2)c1. The van der Waals surface area contributed by atoms with Crippen molar-refractivity contribution in [2.45, 2.75) is 38.5 Å². The van der Waals surface area contributed by atoms with Crippen molar-refractivity contribution >= 4 is 35.0 Å². The number of amides is 2. The minimum atomic E-state index is -0.105. The number of carbonyl (C=O) groups excluding carboxylic acids is 2. The molecule has 0 bridgehead atoms. The number of hydrogen-bond donors (Lipinski definition) is 1. The maximum Gasteiger partial charge on any atom is 0.238 e. The van der Waals surface area contributed by atoms with Gasteiger partial charge in [0.05, 0.1) is 5.75 Å². The van der Waals surface area contributed by atoms with E-state index in [4.69, 9.17) is 0 Å². The van der Waals surface area contributed by atoms with Gasteiger partial charge < -0.3 is 5.32 Å². The van der Waals surface area contributed by atoms with Crippen molar-refractivity contribution in [3.05, 3.63) is 59.7 Å². The predicted octanol–water partition coefficient (Wildman–Crippen LogP) is 4.72. The number of nitrogens with zero attached hydrogens (tertiary/aromatic N) is 1. The normalized spacial score (nSPS) is 17.5. The van der Waals surface area contributed by atoms with Crippen molar-refractivity contribution in [2.24, 2.45) is 0 Å². The van der Waals surface area contributed by atoms with E-state index in [9.17, 15) is 9.59 Å². The second kappa shape index (κ2) is 7.16. The molecule has 2 amide bonds. The molecule has 1 heterocycles. The lowest BCUT2D eigenvalue weighted by molar-refractivity contribution is -0.116. The molecule has 0 aromatic heterocycles. The summed E-state index contributed by atoms with van der Waals surface area (Å²) in [5.74, 6) is 0.455. The Morgan fingerprint density at radius 3 is 2.46 bits per heavy atom. The van der Waals surface area contributed by atoms with E-state index in [-0.39, 0.29) is 22.6 Å². The molecular weight excluding hydrogens is 344 g/mol. The van der Waals surface area contributed by atoms with Crippen LogP contribution < -0.4 is 10.2 Å². The third-order valence-corrected chi connectivity index (χ3v) is 5.58. The van der Waals surface area contributed by atoms with Gasteiger partial charge in [0.25, 0.3) is 0 Å². The van der Waals surface area contributed by atoms with Crippen LogP contribution in [0.3, 0.4) is 0 Å². The highest BCUT2D eigenvalue weighted by Gasteiger charge is 2.34. The average Bonchev–Trinajstić information content (AvgIpc) is 2.95. The fourth-order valence-electron chi connectivity index (χ4n) is 3.05. The van der Waals surface area contributed by atoms with Gasteiger partial charge >= 0.3 is 0 Å². The molecular formula is C21H24N2O2S. The molecule has 0 spiro atoms. The van der Waals surface area contributed by atoms with Crippen LogP contribution in [0.4, 0.5) is 11.4 Å². The molecule has 2 aromatic rings. The summed E-state index contributed by atoms with van der Waals surface area (Å²) in [6, 6.07) is 15.9. The molecule has 3 rings (SSSR count). The number of anilines is 2. The average molecular weight is 369 g/mol. The lowest BCUT2D eigenvalue weighted by Gasteiger charge is -2.26. The summed E-state index contributed by atoms with van der Waals surface area (Å²) in [5.41, 5.74) is 3.98. The third-order valence-electron chi connectivity index (χ3n) is 4.37. The molecule has 0 aliphatic carbocycles. The maximum atomic E-state index is 12.5. The fraction of sp³-hybridized carbons (Fsp3) is 0.333. The zero-order chi connectivity index (χ0) is 18.9. The number of benzene rings is 2. The summed E-state index contributed by atoms with van der Waals surface area (Å²) in [5, 5.41) is 2.72. The Hall–Kier alpha value is -2.27. The van der Waals surface area contributed by atoms with Gasteiger partial charge in [0.1, 0.15) is 5.37 Å². The largest absolute Gasteiger partial charge is 0.326 e. The molecule has 1 N–H and O–H groups in total. The Morgan fingerprint density at radius 2 is 1.85 bits per heavy atom. The molecule has 0 radical (unpaired) electrons. The summed E-state index contributed by atoms with van der Waals surface area (Å²) >= 11 is 1.61. The minimum Gasteiger partial charge on any atom is -0.326 e. The van der Waals surface area contributed by atoms with Gasteiger partial charge in [-0.3, -0.25) is 14.5 Å². The van der Waals surface area contributed by atoms with Crippen LogP contribution in [-0.4, -0.2) is 17.6 Å². The second-order valence-electron chi connectivity index (χ2n) is 7.53. The van der Waals surface area contributed by atoms with E-state index in [0.29, 0.717) is 5.75 Å². The number of carbonyl (C=O) groups is 2. The first-order valence-corrected chi connectivity index (χ1v) is 9.72. The molecule has 2 aromatic carbocycles. The van der Waals surface area contributed by atoms with E-state index >= 15 is 0 Å². The number of nitrogens with one attached hydrogen (secondary N) is 1. The molecule has 136 valence electrons. The highest BCUT2D eigenvalue weighted by atomic mass is 32.2. The molecule has 1 unspecified atom stereocenters. The summed E-state index contributed by atoms with van der Waals surface area (Å²) in [4.78, 5) is 25.7. The lowest BCUT2D eigenvalue weighted by atomic mass is 9.87. The van der Waals surface area contributed by atoms with Gasteiger partial charge in [0.2, 0.25) is 11.8 Å². The minimum absolute atomic E-state index is 0.0778. The Kier molecular flexibility index (Phi) is 5.10. The van der Waals surface area contributed by atoms with E-state index in [2.05, 4.69) is 38.2 Å². The number of hydrogen-bond acceptors (Lipinski definition) is 3. The van der Waals surface area contributed by atoms with Crippen LogP contribution >= 0.6 is 11.8 Å². The van der Waals surface area contributed by atoms with Gasteiger partial charge in [-0.25, -0.2) is 0 Å². The number of thioether (sulfide) groups is 1. The van der Waals surface area contributed by atoms with Crippen LogP contribution in [0.2, 0.25) is 0 Å². The van der Waals surface area contributed by atoms with E-state index in [1.54, 1.807) is 11.8 Å². The Morgan fingerprint density at radius 1 is 1.15 bits per heavy atom. The Balaban J connectivity index is 1.91. The Labute approximate surface area is 159 Å². The zero-order valence-electron chi connectivity index (χ0n) is 15.6. The van der Waals surface area contributed by atoms with E-state index in [1.807, 2.05) is 41.3 Å². The van der Waals surface area contributed by atoms with Crippen LogP contribution in [0, 0.1) is 0 Å². The second-order valence-corrected chi connectivity index (χ2v) is 8.60. The lowest BCUT2D eigenvalue weighted by Crippen LogP contribution is -2.28. The van der Waals surface area contributed by atoms with Crippen LogP contribution in [-0.2, 0) is 15.0 Å². The van der Waals surface area contributed by atoms with Gasteiger partial charge in [-0.15, -0.1) is 11.8 Å². The first kappa shape index (κ1) is 18.5. The fourth-order valence-corrected chi connectivity index (χ4v) is 4.21. The van der Waals surface area contributed by atoms with Gasteiger partial charge in [0.15, 0.2) is 0 Å². The topological polar surface area (TPSA) is 49.4 Å². The van der Waals surface area contributed by atoms with Gasteiger partial charge in [0, 0.05) is 18.3 Å². The smallest absolute Gasteiger partial charge is 0.238 e. The van der Waals surface area contributed by atoms with Crippen molar-refractivity contribution in [2.75, 3.05) is 16.0 Å². The molecule has 1 saturated heterocycles. The molecule has 1 fully saturated rings. The van der Waals surface area contributed by atoms with Gasteiger partial charge in [-0.2, -0.15) is 0 Å². The van der Waals surface area contributed by atoms with Crippen LogP contribution in [0.15, 0.2) is 48.5 Å². The van der Waals surface area contributed by atoms with Crippen molar-refractivity contribution in [3.63, 3.8) is 0 Å². The van der Waals surface area contributed by atoms with E-state index in [0.717, 1.165) is 16.9 Å². The quantitative estimate of drug-likeness (QED) is 0.853. The molecule has 4 nitrogen and oxygen atoms in total. The van der Waals surface area contributed by atoms with Crippen LogP contribution in [0.5, 0.6) is 0 Å².